The highest BCUT2D eigenvalue weighted by molar-refractivity contribution is 7.15. The molecule has 108 valence electrons. The number of aromatic nitrogens is 1. The van der Waals surface area contributed by atoms with Crippen molar-refractivity contribution < 1.29 is 4.74 Å². The van der Waals surface area contributed by atoms with Crippen LogP contribution in [-0.2, 0) is 4.74 Å². The van der Waals surface area contributed by atoms with Crippen LogP contribution in [0.2, 0.25) is 0 Å². The van der Waals surface area contributed by atoms with Crippen LogP contribution in [0.5, 0.6) is 0 Å². The molecule has 1 aliphatic carbocycles. The lowest BCUT2D eigenvalue weighted by atomic mass is 10.2. The van der Waals surface area contributed by atoms with Crippen LogP contribution < -0.4 is 10.2 Å². The molecule has 1 N–H and O–H groups in total. The van der Waals surface area contributed by atoms with E-state index >= 15 is 0 Å². The quantitative estimate of drug-likeness (QED) is 0.796. The molecule has 0 aromatic carbocycles. The summed E-state index contributed by atoms with van der Waals surface area (Å²) in [4.78, 5) is 8.56. The van der Waals surface area contributed by atoms with Gasteiger partial charge in [-0.05, 0) is 33.2 Å². The van der Waals surface area contributed by atoms with Gasteiger partial charge in [0.05, 0.1) is 12.3 Å². The number of ether oxygens (including phenoxy) is 1. The molecule has 0 amide bonds. The molecule has 1 fully saturated rings. The molecule has 1 aromatic heterocycles. The van der Waals surface area contributed by atoms with Crippen molar-refractivity contribution in [3.05, 3.63) is 10.6 Å². The predicted molar refractivity (Wildman–Crippen MR) is 81.2 cm³/mol. The summed E-state index contributed by atoms with van der Waals surface area (Å²) in [6.45, 7) is 9.18. The molecule has 2 rings (SSSR count). The van der Waals surface area contributed by atoms with E-state index in [2.05, 4.69) is 31.0 Å². The van der Waals surface area contributed by atoms with Crippen LogP contribution in [0.25, 0.3) is 0 Å². The molecular formula is C14H25N3OS. The van der Waals surface area contributed by atoms with Gasteiger partial charge < -0.3 is 15.0 Å². The number of hydrogen-bond acceptors (Lipinski definition) is 5. The summed E-state index contributed by atoms with van der Waals surface area (Å²) in [5, 5.41) is 4.63. The van der Waals surface area contributed by atoms with Gasteiger partial charge in [0.25, 0.3) is 0 Å². The van der Waals surface area contributed by atoms with Gasteiger partial charge in [-0.15, -0.1) is 11.3 Å². The van der Waals surface area contributed by atoms with Crippen LogP contribution in [0.4, 0.5) is 5.13 Å². The average Bonchev–Trinajstić information content (AvgIpc) is 3.13. The molecule has 0 saturated heterocycles. The number of nitrogens with zero attached hydrogens (tertiary/aromatic N) is 2. The van der Waals surface area contributed by atoms with E-state index in [4.69, 9.17) is 9.72 Å². The zero-order chi connectivity index (χ0) is 13.8. The van der Waals surface area contributed by atoms with E-state index in [0.29, 0.717) is 12.1 Å². The van der Waals surface area contributed by atoms with Gasteiger partial charge in [-0.1, -0.05) is 6.92 Å². The Bertz CT molecular complexity index is 403. The maximum Gasteiger partial charge on any atom is 0.186 e. The zero-order valence-corrected chi connectivity index (χ0v) is 13.2. The second kappa shape index (κ2) is 6.68. The molecule has 1 heterocycles. The van der Waals surface area contributed by atoms with E-state index in [-0.39, 0.29) is 0 Å². The van der Waals surface area contributed by atoms with Crippen molar-refractivity contribution in [1.82, 2.24) is 10.3 Å². The van der Waals surface area contributed by atoms with Crippen molar-refractivity contribution in [2.45, 2.75) is 45.7 Å². The summed E-state index contributed by atoms with van der Waals surface area (Å²) in [6.07, 6.45) is 2.58. The van der Waals surface area contributed by atoms with E-state index in [0.717, 1.165) is 30.5 Å². The van der Waals surface area contributed by atoms with Crippen molar-refractivity contribution in [2.24, 2.45) is 0 Å². The van der Waals surface area contributed by atoms with Gasteiger partial charge in [-0.2, -0.15) is 0 Å². The van der Waals surface area contributed by atoms with Crippen molar-refractivity contribution in [1.29, 1.82) is 0 Å². The van der Waals surface area contributed by atoms with Crippen molar-refractivity contribution in [3.63, 3.8) is 0 Å². The first kappa shape index (κ1) is 14.8. The first-order chi connectivity index (χ1) is 9.17. The highest BCUT2D eigenvalue weighted by Gasteiger charge is 2.31. The van der Waals surface area contributed by atoms with E-state index in [1.807, 2.05) is 11.3 Å². The molecule has 0 spiro atoms. The van der Waals surface area contributed by atoms with Crippen LogP contribution in [0.3, 0.4) is 0 Å². The summed E-state index contributed by atoms with van der Waals surface area (Å²) in [5.41, 5.74) is 1.16. The van der Waals surface area contributed by atoms with Gasteiger partial charge in [-0.3, -0.25) is 0 Å². The standard InChI is InChI=1S/C14H25N3OS/c1-5-15-10(2)13-11(3)16-14(19-13)17(8-9-18-4)12-6-7-12/h10,12,15H,5-9H2,1-4H3. The third kappa shape index (κ3) is 3.68. The maximum atomic E-state index is 5.22. The third-order valence-electron chi connectivity index (χ3n) is 3.49. The molecule has 1 saturated carbocycles. The highest BCUT2D eigenvalue weighted by atomic mass is 32.1. The summed E-state index contributed by atoms with van der Waals surface area (Å²) in [6, 6.07) is 1.07. The van der Waals surface area contributed by atoms with Crippen molar-refractivity contribution >= 4 is 16.5 Å². The molecule has 4 nitrogen and oxygen atoms in total. The minimum Gasteiger partial charge on any atom is -0.383 e. The first-order valence-corrected chi connectivity index (χ1v) is 7.95. The molecule has 0 radical (unpaired) electrons. The van der Waals surface area contributed by atoms with E-state index in [9.17, 15) is 0 Å². The normalized spacial score (nSPS) is 16.6. The summed E-state index contributed by atoms with van der Waals surface area (Å²) in [7, 11) is 1.76. The third-order valence-corrected chi connectivity index (χ3v) is 4.87. The highest BCUT2D eigenvalue weighted by Crippen LogP contribution is 2.36. The molecule has 19 heavy (non-hydrogen) atoms. The Morgan fingerprint density at radius 1 is 1.53 bits per heavy atom. The van der Waals surface area contributed by atoms with Crippen LogP contribution in [0.1, 0.15) is 43.3 Å². The van der Waals surface area contributed by atoms with Crippen LogP contribution >= 0.6 is 11.3 Å². The fraction of sp³-hybridized carbons (Fsp3) is 0.786. The maximum absolute atomic E-state index is 5.22. The topological polar surface area (TPSA) is 37.4 Å². The van der Waals surface area contributed by atoms with Gasteiger partial charge in [-0.25, -0.2) is 4.98 Å². The Labute approximate surface area is 120 Å². The monoisotopic (exact) mass is 283 g/mol. The molecule has 5 heteroatoms. The van der Waals surface area contributed by atoms with Crippen LogP contribution in [-0.4, -0.2) is 37.8 Å². The van der Waals surface area contributed by atoms with Crippen molar-refractivity contribution in [2.75, 3.05) is 31.7 Å². The number of rotatable bonds is 8. The molecule has 0 bridgehead atoms. The van der Waals surface area contributed by atoms with Gasteiger partial charge in [0, 0.05) is 30.6 Å². The van der Waals surface area contributed by atoms with Gasteiger partial charge in [0.1, 0.15) is 0 Å². The van der Waals surface area contributed by atoms with Crippen molar-refractivity contribution in [3.8, 4) is 0 Å². The number of anilines is 1. The van der Waals surface area contributed by atoms with Gasteiger partial charge in [0.15, 0.2) is 5.13 Å². The Balaban J connectivity index is 2.12. The fourth-order valence-electron chi connectivity index (χ4n) is 2.33. The first-order valence-electron chi connectivity index (χ1n) is 7.13. The lowest BCUT2D eigenvalue weighted by molar-refractivity contribution is 0.205. The second-order valence-corrected chi connectivity index (χ2v) is 6.15. The number of nitrogens with one attached hydrogen (secondary N) is 1. The minimum absolute atomic E-state index is 0.389. The molecule has 1 aliphatic rings. The van der Waals surface area contributed by atoms with Crippen LogP contribution in [0.15, 0.2) is 0 Å². The number of hydrogen-bond donors (Lipinski definition) is 1. The lowest BCUT2D eigenvalue weighted by Crippen LogP contribution is -2.29. The number of thiazole rings is 1. The Hall–Kier alpha value is -0.650. The SMILES string of the molecule is CCNC(C)c1sc(N(CCOC)C2CC2)nc1C. The predicted octanol–water partition coefficient (Wildman–Crippen LogP) is 2.74. The summed E-state index contributed by atoms with van der Waals surface area (Å²) in [5.74, 6) is 0. The van der Waals surface area contributed by atoms with E-state index < -0.39 is 0 Å². The molecule has 1 unspecified atom stereocenters. The molecule has 1 atom stereocenters. The average molecular weight is 283 g/mol. The van der Waals surface area contributed by atoms with Gasteiger partial charge in [0.2, 0.25) is 0 Å². The zero-order valence-electron chi connectivity index (χ0n) is 12.4. The Morgan fingerprint density at radius 2 is 2.26 bits per heavy atom. The summed E-state index contributed by atoms with van der Waals surface area (Å²) >= 11 is 1.83. The molecule has 0 aliphatic heterocycles. The van der Waals surface area contributed by atoms with Crippen LogP contribution in [0, 0.1) is 6.92 Å². The lowest BCUT2D eigenvalue weighted by Gasteiger charge is -2.20. The van der Waals surface area contributed by atoms with Gasteiger partial charge >= 0.3 is 0 Å². The summed E-state index contributed by atoms with van der Waals surface area (Å²) < 4.78 is 5.22. The number of aryl methyl sites for hydroxylation is 1. The largest absolute Gasteiger partial charge is 0.383 e. The molecular weight excluding hydrogens is 258 g/mol. The fourth-order valence-corrected chi connectivity index (χ4v) is 3.52. The van der Waals surface area contributed by atoms with E-state index in [1.54, 1.807) is 7.11 Å². The second-order valence-electron chi connectivity index (χ2n) is 5.14. The molecule has 1 aromatic rings. The number of methoxy groups -OCH3 is 1. The Kier molecular flexibility index (Phi) is 5.19. The minimum atomic E-state index is 0.389. The van der Waals surface area contributed by atoms with E-state index in [1.165, 1.54) is 17.7 Å². The smallest absolute Gasteiger partial charge is 0.186 e. The Morgan fingerprint density at radius 3 is 2.84 bits per heavy atom.